The third kappa shape index (κ3) is 3.51. The van der Waals surface area contributed by atoms with Gasteiger partial charge in [-0.2, -0.15) is 0 Å². The van der Waals surface area contributed by atoms with Gasteiger partial charge in [0.05, 0.1) is 18.4 Å². The summed E-state index contributed by atoms with van der Waals surface area (Å²) < 4.78 is 18.5. The summed E-state index contributed by atoms with van der Waals surface area (Å²) in [7, 11) is 1.63. The van der Waals surface area contributed by atoms with Gasteiger partial charge >= 0.3 is 0 Å². The molecule has 0 bridgehead atoms. The van der Waals surface area contributed by atoms with Crippen LogP contribution in [-0.2, 0) is 6.42 Å². The number of hydrogen-bond donors (Lipinski definition) is 1. The van der Waals surface area contributed by atoms with Crippen molar-refractivity contribution in [3.8, 4) is 5.75 Å². The molecular weight excluding hydrogens is 345 g/mol. The number of carbonyl (C=O) groups is 1. The highest BCUT2D eigenvalue weighted by Gasteiger charge is 2.29. The Hall–Kier alpha value is -3.28. The van der Waals surface area contributed by atoms with Gasteiger partial charge in [0.1, 0.15) is 11.6 Å². The van der Waals surface area contributed by atoms with Crippen LogP contribution in [0.2, 0.25) is 0 Å². The number of Topliss-reactive ketones (excluding diaryl/α,β-unsaturated/α-hetero) is 1. The van der Waals surface area contributed by atoms with Crippen molar-refractivity contribution in [3.05, 3.63) is 77.4 Å². The van der Waals surface area contributed by atoms with Crippen LogP contribution in [0.3, 0.4) is 0 Å². The molecule has 136 valence electrons. The molecule has 1 atom stereocenters. The number of fused-ring (bicyclic) bond motifs is 1. The van der Waals surface area contributed by atoms with Gasteiger partial charge in [-0.1, -0.05) is 18.2 Å². The first-order valence-electron chi connectivity index (χ1n) is 8.68. The number of methoxy groups -OCH3 is 1. The number of ether oxygens (including phenoxy) is 1. The minimum Gasteiger partial charge on any atom is -0.496 e. The van der Waals surface area contributed by atoms with Crippen LogP contribution in [0.5, 0.6) is 5.75 Å². The molecule has 1 aromatic heterocycles. The molecule has 0 unspecified atom stereocenters. The van der Waals surface area contributed by atoms with Crippen LogP contribution in [0.4, 0.5) is 16.0 Å². The van der Waals surface area contributed by atoms with Crippen molar-refractivity contribution in [2.75, 3.05) is 12.4 Å². The van der Waals surface area contributed by atoms with Crippen molar-refractivity contribution in [2.45, 2.75) is 18.8 Å². The SMILES string of the molecule is COc1ccccc1[C@H]1CC(=O)c2cnc(Nc3ccc(F)cc3)nc2C1. The highest BCUT2D eigenvalue weighted by atomic mass is 19.1. The highest BCUT2D eigenvalue weighted by molar-refractivity contribution is 5.98. The zero-order valence-electron chi connectivity index (χ0n) is 14.8. The fourth-order valence-corrected chi connectivity index (χ4v) is 3.39. The Morgan fingerprint density at radius 3 is 2.67 bits per heavy atom. The van der Waals surface area contributed by atoms with Crippen molar-refractivity contribution in [1.29, 1.82) is 0 Å². The van der Waals surface area contributed by atoms with E-state index in [9.17, 15) is 9.18 Å². The van der Waals surface area contributed by atoms with E-state index in [1.54, 1.807) is 25.4 Å². The molecule has 0 aliphatic heterocycles. The molecule has 0 saturated carbocycles. The third-order valence-corrected chi connectivity index (χ3v) is 4.72. The molecule has 3 aromatic rings. The van der Waals surface area contributed by atoms with Gasteiger partial charge in [0.15, 0.2) is 5.78 Å². The topological polar surface area (TPSA) is 64.1 Å². The van der Waals surface area contributed by atoms with E-state index in [1.165, 1.54) is 12.1 Å². The zero-order chi connectivity index (χ0) is 18.8. The summed E-state index contributed by atoms with van der Waals surface area (Å²) in [5, 5.41) is 3.05. The lowest BCUT2D eigenvalue weighted by Crippen LogP contribution is -2.21. The molecule has 6 heteroatoms. The van der Waals surface area contributed by atoms with Gasteiger partial charge in [-0.15, -0.1) is 0 Å². The normalized spacial score (nSPS) is 15.9. The lowest BCUT2D eigenvalue weighted by molar-refractivity contribution is 0.0962. The van der Waals surface area contributed by atoms with Gasteiger partial charge in [0.25, 0.3) is 0 Å². The number of halogens is 1. The lowest BCUT2D eigenvalue weighted by atomic mass is 9.82. The van der Waals surface area contributed by atoms with Crippen molar-refractivity contribution >= 4 is 17.4 Å². The predicted molar refractivity (Wildman–Crippen MR) is 100 cm³/mol. The van der Waals surface area contributed by atoms with E-state index < -0.39 is 0 Å². The number of ketones is 1. The minimum atomic E-state index is -0.308. The molecule has 4 rings (SSSR count). The van der Waals surface area contributed by atoms with E-state index in [0.717, 1.165) is 11.3 Å². The maximum Gasteiger partial charge on any atom is 0.227 e. The number of nitrogens with one attached hydrogen (secondary N) is 1. The molecule has 0 saturated heterocycles. The van der Waals surface area contributed by atoms with E-state index in [1.807, 2.05) is 24.3 Å². The maximum absolute atomic E-state index is 13.1. The van der Waals surface area contributed by atoms with E-state index >= 15 is 0 Å². The summed E-state index contributed by atoms with van der Waals surface area (Å²) in [6, 6.07) is 13.7. The van der Waals surface area contributed by atoms with Crippen molar-refractivity contribution in [1.82, 2.24) is 9.97 Å². The molecule has 0 fully saturated rings. The molecular formula is C21H18FN3O2. The molecule has 1 heterocycles. The van der Waals surface area contributed by atoms with Gasteiger partial charge in [0, 0.05) is 24.2 Å². The molecule has 0 radical (unpaired) electrons. The van der Waals surface area contributed by atoms with Crippen molar-refractivity contribution in [3.63, 3.8) is 0 Å². The van der Waals surface area contributed by atoms with Gasteiger partial charge < -0.3 is 10.1 Å². The number of anilines is 2. The van der Waals surface area contributed by atoms with E-state index in [0.29, 0.717) is 35.7 Å². The average Bonchev–Trinajstić information content (AvgIpc) is 2.69. The summed E-state index contributed by atoms with van der Waals surface area (Å²) in [4.78, 5) is 21.4. The molecule has 1 aliphatic rings. The number of aromatic nitrogens is 2. The Morgan fingerprint density at radius 1 is 1.11 bits per heavy atom. The molecule has 0 spiro atoms. The molecule has 1 N–H and O–H groups in total. The Bertz CT molecular complexity index is 989. The monoisotopic (exact) mass is 363 g/mol. The van der Waals surface area contributed by atoms with Crippen LogP contribution in [0.25, 0.3) is 0 Å². The highest BCUT2D eigenvalue weighted by Crippen LogP contribution is 2.36. The van der Waals surface area contributed by atoms with Gasteiger partial charge in [-0.05, 0) is 42.3 Å². The number of carbonyl (C=O) groups excluding carboxylic acids is 1. The summed E-state index contributed by atoms with van der Waals surface area (Å²) in [5.74, 6) is 0.888. The largest absolute Gasteiger partial charge is 0.496 e. The first kappa shape index (κ1) is 17.1. The van der Waals surface area contributed by atoms with Crippen LogP contribution < -0.4 is 10.1 Å². The molecule has 0 amide bonds. The quantitative estimate of drug-likeness (QED) is 0.749. The Morgan fingerprint density at radius 2 is 1.89 bits per heavy atom. The van der Waals surface area contributed by atoms with Gasteiger partial charge in [0.2, 0.25) is 5.95 Å². The molecule has 2 aromatic carbocycles. The number of benzene rings is 2. The lowest BCUT2D eigenvalue weighted by Gasteiger charge is -2.24. The Labute approximate surface area is 156 Å². The van der Waals surface area contributed by atoms with E-state index in [-0.39, 0.29) is 17.5 Å². The van der Waals surface area contributed by atoms with Crippen LogP contribution in [0, 0.1) is 5.82 Å². The second kappa shape index (κ2) is 7.15. The van der Waals surface area contributed by atoms with Crippen molar-refractivity contribution < 1.29 is 13.9 Å². The minimum absolute atomic E-state index is 0.00900. The zero-order valence-corrected chi connectivity index (χ0v) is 14.8. The molecule has 5 nitrogen and oxygen atoms in total. The number of para-hydroxylation sites is 1. The number of hydrogen-bond acceptors (Lipinski definition) is 5. The summed E-state index contributed by atoms with van der Waals surface area (Å²) in [6.45, 7) is 0. The van der Waals surface area contributed by atoms with Crippen molar-refractivity contribution in [2.24, 2.45) is 0 Å². The number of nitrogens with zero attached hydrogens (tertiary/aromatic N) is 2. The standard InChI is InChI=1S/C21H18FN3O2/c1-27-20-5-3-2-4-16(20)13-10-18-17(19(26)11-13)12-23-21(25-18)24-15-8-6-14(22)7-9-15/h2-9,12-13H,10-11H2,1H3,(H,23,24,25)/t13-/m1/s1. The van der Waals surface area contributed by atoms with Gasteiger partial charge in [-0.3, -0.25) is 4.79 Å². The second-order valence-electron chi connectivity index (χ2n) is 6.46. The average molecular weight is 363 g/mol. The van der Waals surface area contributed by atoms with Crippen LogP contribution in [0.1, 0.15) is 34.0 Å². The smallest absolute Gasteiger partial charge is 0.227 e. The summed E-state index contributed by atoms with van der Waals surface area (Å²) in [6.07, 6.45) is 2.60. The Balaban J connectivity index is 1.62. The Kier molecular flexibility index (Phi) is 4.54. The van der Waals surface area contributed by atoms with Crippen LogP contribution in [0.15, 0.2) is 54.7 Å². The third-order valence-electron chi connectivity index (χ3n) is 4.72. The summed E-state index contributed by atoms with van der Waals surface area (Å²) in [5.41, 5.74) is 2.96. The molecule has 1 aliphatic carbocycles. The van der Waals surface area contributed by atoms with Crippen LogP contribution >= 0.6 is 0 Å². The van der Waals surface area contributed by atoms with E-state index in [2.05, 4.69) is 15.3 Å². The second-order valence-corrected chi connectivity index (χ2v) is 6.46. The van der Waals surface area contributed by atoms with Crippen LogP contribution in [-0.4, -0.2) is 22.9 Å². The fraction of sp³-hybridized carbons (Fsp3) is 0.190. The van der Waals surface area contributed by atoms with Gasteiger partial charge in [-0.25, -0.2) is 14.4 Å². The predicted octanol–water partition coefficient (Wildman–Crippen LogP) is 4.28. The first-order valence-corrected chi connectivity index (χ1v) is 8.68. The molecule has 27 heavy (non-hydrogen) atoms. The fourth-order valence-electron chi connectivity index (χ4n) is 3.39. The van der Waals surface area contributed by atoms with E-state index in [4.69, 9.17) is 4.74 Å². The number of rotatable bonds is 4. The maximum atomic E-state index is 13.1. The first-order chi connectivity index (χ1) is 13.1. The summed E-state index contributed by atoms with van der Waals surface area (Å²) >= 11 is 0.